The molecule has 6 heteroatoms. The molecular weight excluding hydrogens is 282 g/mol. The van der Waals surface area contributed by atoms with Crippen molar-refractivity contribution in [2.75, 3.05) is 36.5 Å². The molecule has 0 saturated carbocycles. The highest BCUT2D eigenvalue weighted by Gasteiger charge is 2.09. The lowest BCUT2D eigenvalue weighted by molar-refractivity contribution is -0.115. The van der Waals surface area contributed by atoms with Crippen LogP contribution in [0.1, 0.15) is 26.3 Å². The fraction of sp³-hybridized carbons (Fsp3) is 0.500. The molecule has 22 heavy (non-hydrogen) atoms. The molecule has 1 aromatic carbocycles. The topological polar surface area (TPSA) is 70.7 Å². The fourth-order valence-corrected chi connectivity index (χ4v) is 2.10. The lowest BCUT2D eigenvalue weighted by Crippen LogP contribution is -2.33. The van der Waals surface area contributed by atoms with Gasteiger partial charge in [-0.1, -0.05) is 0 Å². The maximum absolute atomic E-state index is 11.8. The van der Waals surface area contributed by atoms with Crippen molar-refractivity contribution in [1.29, 1.82) is 0 Å². The summed E-state index contributed by atoms with van der Waals surface area (Å²) in [4.78, 5) is 25.2. The van der Waals surface area contributed by atoms with Crippen LogP contribution in [-0.2, 0) is 9.53 Å². The summed E-state index contributed by atoms with van der Waals surface area (Å²) in [5, 5.41) is 5.17. The average Bonchev–Trinajstić information content (AvgIpc) is 2.49. The van der Waals surface area contributed by atoms with Gasteiger partial charge in [-0.15, -0.1) is 0 Å². The number of anilines is 2. The van der Waals surface area contributed by atoms with Gasteiger partial charge in [-0.25, -0.2) is 4.79 Å². The molecule has 0 heterocycles. The molecule has 0 radical (unpaired) electrons. The number of benzene rings is 1. The van der Waals surface area contributed by atoms with Crippen molar-refractivity contribution < 1.29 is 14.3 Å². The summed E-state index contributed by atoms with van der Waals surface area (Å²) in [6.07, 6.45) is -0.591. The zero-order valence-electron chi connectivity index (χ0n) is 13.7. The third-order valence-electron chi connectivity index (χ3n) is 3.28. The number of carbonyl (C=O) groups is 2. The molecule has 2 amide bonds. The normalized spacial score (nSPS) is 10.0. The van der Waals surface area contributed by atoms with Gasteiger partial charge in [0.2, 0.25) is 5.91 Å². The number of ether oxygens (including phenoxy) is 1. The van der Waals surface area contributed by atoms with E-state index in [-0.39, 0.29) is 19.1 Å². The van der Waals surface area contributed by atoms with Gasteiger partial charge in [-0.2, -0.15) is 0 Å². The Hall–Kier alpha value is -2.24. The highest BCUT2D eigenvalue weighted by molar-refractivity contribution is 5.94. The molecule has 0 aliphatic carbocycles. The van der Waals surface area contributed by atoms with E-state index >= 15 is 0 Å². The summed E-state index contributed by atoms with van der Waals surface area (Å²) in [7, 11) is 0. The Balaban J connectivity index is 2.62. The minimum absolute atomic E-state index is 0.115. The van der Waals surface area contributed by atoms with Crippen molar-refractivity contribution >= 4 is 23.4 Å². The van der Waals surface area contributed by atoms with Gasteiger partial charge < -0.3 is 20.3 Å². The quantitative estimate of drug-likeness (QED) is 0.812. The van der Waals surface area contributed by atoms with Crippen molar-refractivity contribution in [3.63, 3.8) is 0 Å². The molecule has 0 fully saturated rings. The molecule has 6 nitrogen and oxygen atoms in total. The summed E-state index contributed by atoms with van der Waals surface area (Å²) in [5.41, 5.74) is 2.85. The van der Waals surface area contributed by atoms with Crippen LogP contribution in [0, 0.1) is 6.92 Å². The molecule has 0 bridgehead atoms. The Morgan fingerprint density at radius 3 is 2.41 bits per heavy atom. The molecule has 0 spiro atoms. The van der Waals surface area contributed by atoms with E-state index < -0.39 is 6.09 Å². The zero-order chi connectivity index (χ0) is 16.5. The third kappa shape index (κ3) is 5.27. The van der Waals surface area contributed by atoms with Crippen LogP contribution in [0.15, 0.2) is 18.2 Å². The van der Waals surface area contributed by atoms with Crippen LogP contribution in [0.3, 0.4) is 0 Å². The first-order valence-electron chi connectivity index (χ1n) is 7.57. The van der Waals surface area contributed by atoms with Gasteiger partial charge >= 0.3 is 6.09 Å². The molecule has 0 saturated heterocycles. The zero-order valence-corrected chi connectivity index (χ0v) is 13.7. The van der Waals surface area contributed by atoms with Gasteiger partial charge in [-0.3, -0.25) is 4.79 Å². The number of aryl methyl sites for hydroxylation is 1. The maximum atomic E-state index is 11.8. The van der Waals surface area contributed by atoms with E-state index in [1.165, 1.54) is 0 Å². The summed E-state index contributed by atoms with van der Waals surface area (Å²) < 4.78 is 4.70. The second-order valence-corrected chi connectivity index (χ2v) is 4.79. The summed E-state index contributed by atoms with van der Waals surface area (Å²) in [6, 6.07) is 5.90. The lowest BCUT2D eigenvalue weighted by atomic mass is 10.1. The highest BCUT2D eigenvalue weighted by Crippen LogP contribution is 2.22. The first-order chi connectivity index (χ1) is 10.5. The first-order valence-corrected chi connectivity index (χ1v) is 7.57. The Morgan fingerprint density at radius 1 is 1.18 bits per heavy atom. The van der Waals surface area contributed by atoms with Crippen molar-refractivity contribution in [3.8, 4) is 0 Å². The van der Waals surface area contributed by atoms with Crippen LogP contribution in [0.5, 0.6) is 0 Å². The predicted molar refractivity (Wildman–Crippen MR) is 88.4 cm³/mol. The molecule has 0 unspecified atom stereocenters. The van der Waals surface area contributed by atoms with Gasteiger partial charge in [0, 0.05) is 24.5 Å². The van der Waals surface area contributed by atoms with E-state index in [9.17, 15) is 9.59 Å². The lowest BCUT2D eigenvalue weighted by Gasteiger charge is -2.22. The third-order valence-corrected chi connectivity index (χ3v) is 3.28. The number of amides is 2. The van der Waals surface area contributed by atoms with Gasteiger partial charge in [0.25, 0.3) is 0 Å². The monoisotopic (exact) mass is 307 g/mol. The summed E-state index contributed by atoms with van der Waals surface area (Å²) in [5.74, 6) is -0.285. The number of hydrogen-bond donors (Lipinski definition) is 2. The summed E-state index contributed by atoms with van der Waals surface area (Å²) >= 11 is 0. The number of nitrogens with zero attached hydrogens (tertiary/aromatic N) is 1. The standard InChI is InChI=1S/C16H25N3O3/c1-5-19(6-2)13-8-9-14(12(4)10-13)18-15(20)11-17-16(21)22-7-3/h8-10H,5-7,11H2,1-4H3,(H,17,21)(H,18,20). The van der Waals surface area contributed by atoms with Crippen molar-refractivity contribution in [2.45, 2.75) is 27.7 Å². The SMILES string of the molecule is CCOC(=O)NCC(=O)Nc1ccc(N(CC)CC)cc1C. The van der Waals surface area contributed by atoms with Crippen LogP contribution in [-0.4, -0.2) is 38.2 Å². The Morgan fingerprint density at radius 2 is 1.86 bits per heavy atom. The molecule has 0 aromatic heterocycles. The number of nitrogens with one attached hydrogen (secondary N) is 2. The molecule has 0 atom stereocenters. The molecular formula is C16H25N3O3. The van der Waals surface area contributed by atoms with Gasteiger partial charge in [0.1, 0.15) is 6.54 Å². The van der Waals surface area contributed by atoms with Crippen molar-refractivity contribution in [1.82, 2.24) is 5.32 Å². The second kappa shape index (κ2) is 8.92. The Labute approximate surface area is 131 Å². The van der Waals surface area contributed by atoms with E-state index in [0.717, 1.165) is 30.0 Å². The fourth-order valence-electron chi connectivity index (χ4n) is 2.10. The van der Waals surface area contributed by atoms with Crippen LogP contribution in [0.2, 0.25) is 0 Å². The van der Waals surface area contributed by atoms with Crippen LogP contribution < -0.4 is 15.5 Å². The van der Waals surface area contributed by atoms with Gasteiger partial charge in [-0.05, 0) is 51.5 Å². The highest BCUT2D eigenvalue weighted by atomic mass is 16.5. The molecule has 0 aliphatic heterocycles. The largest absolute Gasteiger partial charge is 0.450 e. The van der Waals surface area contributed by atoms with Crippen LogP contribution >= 0.6 is 0 Å². The van der Waals surface area contributed by atoms with Crippen LogP contribution in [0.4, 0.5) is 16.2 Å². The maximum Gasteiger partial charge on any atom is 0.407 e. The van der Waals surface area contributed by atoms with Gasteiger partial charge in [0.05, 0.1) is 6.61 Å². The Bertz CT molecular complexity index is 513. The minimum Gasteiger partial charge on any atom is -0.450 e. The number of carbonyl (C=O) groups excluding carboxylic acids is 2. The van der Waals surface area contributed by atoms with E-state index in [4.69, 9.17) is 4.74 Å². The molecule has 1 aromatic rings. The first kappa shape index (κ1) is 17.8. The molecule has 122 valence electrons. The van der Waals surface area contributed by atoms with Crippen molar-refractivity contribution in [2.24, 2.45) is 0 Å². The smallest absolute Gasteiger partial charge is 0.407 e. The number of rotatable bonds is 7. The number of hydrogen-bond acceptors (Lipinski definition) is 4. The van der Waals surface area contributed by atoms with Crippen LogP contribution in [0.25, 0.3) is 0 Å². The Kier molecular flexibility index (Phi) is 7.22. The van der Waals surface area contributed by atoms with E-state index in [0.29, 0.717) is 0 Å². The van der Waals surface area contributed by atoms with Crippen molar-refractivity contribution in [3.05, 3.63) is 23.8 Å². The minimum atomic E-state index is -0.591. The average molecular weight is 307 g/mol. The van der Waals surface area contributed by atoms with E-state index in [2.05, 4.69) is 29.4 Å². The predicted octanol–water partition coefficient (Wildman–Crippen LogP) is 2.53. The van der Waals surface area contributed by atoms with Gasteiger partial charge in [0.15, 0.2) is 0 Å². The molecule has 1 rings (SSSR count). The second-order valence-electron chi connectivity index (χ2n) is 4.79. The summed E-state index contributed by atoms with van der Waals surface area (Å²) in [6.45, 7) is 9.90. The number of alkyl carbamates (subject to hydrolysis) is 1. The molecule has 0 aliphatic rings. The molecule has 2 N–H and O–H groups in total. The van der Waals surface area contributed by atoms with E-state index in [1.807, 2.05) is 25.1 Å². The van der Waals surface area contributed by atoms with E-state index in [1.54, 1.807) is 6.92 Å².